The summed E-state index contributed by atoms with van der Waals surface area (Å²) in [7, 11) is 0.400. The van der Waals surface area contributed by atoms with E-state index in [1.807, 2.05) is 48.4 Å². The molecule has 0 aromatic heterocycles. The van der Waals surface area contributed by atoms with Crippen LogP contribution in [0.5, 0.6) is 0 Å². The second kappa shape index (κ2) is 6.15. The Hall–Kier alpha value is -0.775. The van der Waals surface area contributed by atoms with Crippen LogP contribution in [-0.2, 0) is 14.4 Å². The molecule has 0 saturated carbocycles. The van der Waals surface area contributed by atoms with E-state index in [4.69, 9.17) is 0 Å². The minimum absolute atomic E-state index is 0.0630. The van der Waals surface area contributed by atoms with Gasteiger partial charge in [0.25, 0.3) is 0 Å². The maximum atomic E-state index is 12.6. The van der Waals surface area contributed by atoms with Gasteiger partial charge in [0.1, 0.15) is 0 Å². The van der Waals surface area contributed by atoms with Crippen molar-refractivity contribution >= 4 is 36.5 Å². The van der Waals surface area contributed by atoms with E-state index in [9.17, 15) is 14.4 Å². The maximum absolute atomic E-state index is 12.6. The highest BCUT2D eigenvalue weighted by atomic mass is 32.2. The van der Waals surface area contributed by atoms with E-state index in [2.05, 4.69) is 0 Å². The molecule has 0 spiro atoms. The van der Waals surface area contributed by atoms with Crippen molar-refractivity contribution in [2.75, 3.05) is 0 Å². The molecule has 1 aliphatic rings. The lowest BCUT2D eigenvalue weighted by Gasteiger charge is -2.46. The number of hydrogen-bond donors (Lipinski definition) is 0. The lowest BCUT2D eigenvalue weighted by molar-refractivity contribution is -0.151. The number of carbonyl (C=O) groups is 3. The molecule has 6 heteroatoms. The van der Waals surface area contributed by atoms with E-state index in [1.54, 1.807) is 0 Å². The summed E-state index contributed by atoms with van der Waals surface area (Å²) in [6.07, 6.45) is 0.238. The second-order valence-electron chi connectivity index (χ2n) is 6.91. The first kappa shape index (κ1) is 18.3. The van der Waals surface area contributed by atoms with Gasteiger partial charge in [-0.15, -0.1) is 11.8 Å². The zero-order valence-electron chi connectivity index (χ0n) is 14.1. The summed E-state index contributed by atoms with van der Waals surface area (Å²) in [5, 5.41) is -0.0237. The van der Waals surface area contributed by atoms with E-state index in [1.165, 1.54) is 16.7 Å². The van der Waals surface area contributed by atoms with Crippen LogP contribution in [0.2, 0.25) is 6.82 Å². The third-order valence-corrected chi connectivity index (χ3v) is 5.89. The molecule has 0 N–H and O–H groups in total. The van der Waals surface area contributed by atoms with Gasteiger partial charge >= 0.3 is 0 Å². The Kier molecular flexibility index (Phi) is 5.35. The van der Waals surface area contributed by atoms with Crippen molar-refractivity contribution in [3.8, 4) is 0 Å². The summed E-state index contributed by atoms with van der Waals surface area (Å²) in [6, 6.07) is 0. The average Bonchev–Trinajstić information content (AvgIpc) is 2.62. The molecule has 1 unspecified atom stereocenters. The van der Waals surface area contributed by atoms with E-state index >= 15 is 0 Å². The molecule has 0 bridgehead atoms. The van der Waals surface area contributed by atoms with Crippen molar-refractivity contribution < 1.29 is 14.4 Å². The molecule has 1 atom stereocenters. The van der Waals surface area contributed by atoms with Crippen LogP contribution in [0.25, 0.3) is 0 Å². The fraction of sp³-hybridized carbons (Fsp3) is 0.800. The van der Waals surface area contributed by atoms with E-state index in [0.29, 0.717) is 12.5 Å². The van der Waals surface area contributed by atoms with Crippen LogP contribution in [0.1, 0.15) is 48.0 Å². The molecule has 1 rings (SSSR count). The van der Waals surface area contributed by atoms with E-state index in [0.717, 1.165) is 0 Å². The number of nitrogens with zero attached hydrogens (tertiary/aromatic N) is 1. The first-order valence-corrected chi connectivity index (χ1v) is 8.46. The van der Waals surface area contributed by atoms with Gasteiger partial charge in [-0.2, -0.15) is 0 Å². The predicted molar refractivity (Wildman–Crippen MR) is 88.9 cm³/mol. The summed E-state index contributed by atoms with van der Waals surface area (Å²) >= 11 is 1.52. The molecule has 21 heavy (non-hydrogen) atoms. The van der Waals surface area contributed by atoms with Crippen molar-refractivity contribution in [2.45, 2.75) is 70.8 Å². The predicted octanol–water partition coefficient (Wildman–Crippen LogP) is 2.07. The third-order valence-electron chi connectivity index (χ3n) is 4.65. The second-order valence-corrected chi connectivity index (χ2v) is 8.69. The van der Waals surface area contributed by atoms with Gasteiger partial charge in [-0.1, -0.05) is 34.5 Å². The molecule has 0 aliphatic carbocycles. The Balaban J connectivity index is 3.11. The highest BCUT2D eigenvalue weighted by Gasteiger charge is 2.54. The fourth-order valence-corrected chi connectivity index (χ4v) is 3.81. The van der Waals surface area contributed by atoms with Crippen LogP contribution in [0.15, 0.2) is 0 Å². The third kappa shape index (κ3) is 3.20. The molecule has 118 valence electrons. The van der Waals surface area contributed by atoms with Crippen molar-refractivity contribution in [1.82, 2.24) is 4.90 Å². The molecule has 1 saturated heterocycles. The summed E-state index contributed by atoms with van der Waals surface area (Å²) in [5.41, 5.74) is -1.52. The highest BCUT2D eigenvalue weighted by Crippen LogP contribution is 2.41. The summed E-state index contributed by atoms with van der Waals surface area (Å²) < 4.78 is 0. The SMILES string of the molecule is CBC(=O)C(C)(C)C(C)(C)N1C(=O)CC(SC(C)C)C1=O. The van der Waals surface area contributed by atoms with Gasteiger partial charge in [-0.3, -0.25) is 14.5 Å². The molecule has 0 radical (unpaired) electrons. The minimum Gasteiger partial charge on any atom is -0.311 e. The molecule has 1 fully saturated rings. The molecule has 1 heterocycles. The molecule has 1 aliphatic heterocycles. The Morgan fingerprint density at radius 2 is 1.81 bits per heavy atom. The Labute approximate surface area is 132 Å². The van der Waals surface area contributed by atoms with Crippen molar-refractivity contribution in [1.29, 1.82) is 0 Å². The topological polar surface area (TPSA) is 54.5 Å². The van der Waals surface area contributed by atoms with Crippen LogP contribution >= 0.6 is 11.8 Å². The van der Waals surface area contributed by atoms with E-state index in [-0.39, 0.29) is 29.2 Å². The average molecular weight is 311 g/mol. The van der Waals surface area contributed by atoms with Crippen molar-refractivity contribution in [3.63, 3.8) is 0 Å². The monoisotopic (exact) mass is 311 g/mol. The zero-order chi connectivity index (χ0) is 16.6. The van der Waals surface area contributed by atoms with Crippen LogP contribution in [0.4, 0.5) is 0 Å². The normalized spacial score (nSPS) is 20.4. The van der Waals surface area contributed by atoms with Crippen LogP contribution in [0.3, 0.4) is 0 Å². The molecule has 2 amide bonds. The van der Waals surface area contributed by atoms with Gasteiger partial charge in [-0.25, -0.2) is 0 Å². The number of amides is 2. The van der Waals surface area contributed by atoms with Crippen molar-refractivity contribution in [3.05, 3.63) is 0 Å². The van der Waals surface area contributed by atoms with Gasteiger partial charge in [-0.05, 0) is 19.1 Å². The lowest BCUT2D eigenvalue weighted by atomic mass is 9.57. The van der Waals surface area contributed by atoms with E-state index < -0.39 is 11.0 Å². The minimum atomic E-state index is -0.819. The molecular weight excluding hydrogens is 285 g/mol. The summed E-state index contributed by atoms with van der Waals surface area (Å²) in [4.78, 5) is 38.6. The first-order valence-electron chi connectivity index (χ1n) is 7.52. The highest BCUT2D eigenvalue weighted by molar-refractivity contribution is 8.01. The Morgan fingerprint density at radius 3 is 2.24 bits per heavy atom. The quantitative estimate of drug-likeness (QED) is 0.557. The number of thioether (sulfide) groups is 1. The Morgan fingerprint density at radius 1 is 1.29 bits per heavy atom. The lowest BCUT2D eigenvalue weighted by Crippen LogP contribution is -2.60. The van der Waals surface area contributed by atoms with Gasteiger partial charge in [0.05, 0.1) is 16.5 Å². The number of hydrogen-bond acceptors (Lipinski definition) is 4. The fourth-order valence-electron chi connectivity index (χ4n) is 2.69. The summed E-state index contributed by atoms with van der Waals surface area (Å²) in [5.74, 6) is -0.319. The molecule has 0 aromatic carbocycles. The van der Waals surface area contributed by atoms with Gasteiger partial charge in [0.2, 0.25) is 19.1 Å². The van der Waals surface area contributed by atoms with Crippen LogP contribution in [-0.4, -0.2) is 45.7 Å². The number of imide groups is 1. The standard InChI is InChI=1S/C15H26BNO3S/c1-9(2)21-10-8-11(18)17(12(10)19)15(5,6)14(3,4)13(20)16-7/h9-10,16H,8H2,1-7H3. The molecule has 0 aromatic rings. The maximum Gasteiger partial charge on any atom is 0.243 e. The van der Waals surface area contributed by atoms with Crippen LogP contribution in [0, 0.1) is 5.41 Å². The largest absolute Gasteiger partial charge is 0.311 e. The number of rotatable bonds is 6. The number of likely N-dealkylation sites (tertiary alicyclic amines) is 1. The van der Waals surface area contributed by atoms with Gasteiger partial charge in [0.15, 0.2) is 0 Å². The van der Waals surface area contributed by atoms with Gasteiger partial charge in [0, 0.05) is 11.8 Å². The van der Waals surface area contributed by atoms with Crippen molar-refractivity contribution in [2.24, 2.45) is 5.41 Å². The zero-order valence-corrected chi connectivity index (χ0v) is 15.0. The smallest absolute Gasteiger partial charge is 0.243 e. The van der Waals surface area contributed by atoms with Gasteiger partial charge < -0.3 is 4.79 Å². The van der Waals surface area contributed by atoms with Crippen LogP contribution < -0.4 is 0 Å². The molecular formula is C15H26BNO3S. The molecule has 4 nitrogen and oxygen atoms in total. The first-order chi connectivity index (χ1) is 9.46. The number of carbonyl (C=O) groups excluding carboxylic acids is 3. The summed E-state index contributed by atoms with van der Waals surface area (Å²) in [6.45, 7) is 13.1. The Bertz CT molecular complexity index is 460.